The van der Waals surface area contributed by atoms with Crippen LogP contribution in [0.25, 0.3) is 0 Å². The van der Waals surface area contributed by atoms with Gasteiger partial charge in [-0.15, -0.1) is 0 Å². The molecule has 2 aromatic carbocycles. The van der Waals surface area contributed by atoms with Gasteiger partial charge in [0.25, 0.3) is 0 Å². The molecule has 2 aromatic rings. The largest absolute Gasteiger partial charge is 0.494 e. The summed E-state index contributed by atoms with van der Waals surface area (Å²) in [6.45, 7) is 0.412. The SMILES string of the molecule is COc1ccc(CNc2ccc(F)c(OC)c2)cc1F. The van der Waals surface area contributed by atoms with Crippen LogP contribution in [0.5, 0.6) is 11.5 Å². The molecule has 0 aromatic heterocycles. The maximum absolute atomic E-state index is 13.5. The Labute approximate surface area is 116 Å². The van der Waals surface area contributed by atoms with Gasteiger partial charge in [0.15, 0.2) is 23.1 Å². The molecular weight excluding hydrogens is 264 g/mol. The van der Waals surface area contributed by atoms with Gasteiger partial charge in [0, 0.05) is 18.3 Å². The van der Waals surface area contributed by atoms with Crippen LogP contribution in [0.3, 0.4) is 0 Å². The number of ether oxygens (including phenoxy) is 2. The van der Waals surface area contributed by atoms with Gasteiger partial charge in [0.05, 0.1) is 14.2 Å². The summed E-state index contributed by atoms with van der Waals surface area (Å²) in [6, 6.07) is 9.18. The number of benzene rings is 2. The summed E-state index contributed by atoms with van der Waals surface area (Å²) in [5.41, 5.74) is 1.45. The minimum Gasteiger partial charge on any atom is -0.494 e. The molecule has 0 aliphatic carbocycles. The summed E-state index contributed by atoms with van der Waals surface area (Å²) < 4.78 is 36.5. The lowest BCUT2D eigenvalue weighted by atomic mass is 10.2. The van der Waals surface area contributed by atoms with E-state index in [1.807, 2.05) is 0 Å². The Hall–Kier alpha value is -2.30. The number of rotatable bonds is 5. The molecule has 0 unspecified atom stereocenters. The molecule has 1 N–H and O–H groups in total. The maximum atomic E-state index is 13.5. The number of methoxy groups -OCH3 is 2. The van der Waals surface area contributed by atoms with E-state index >= 15 is 0 Å². The van der Waals surface area contributed by atoms with Gasteiger partial charge in [-0.3, -0.25) is 0 Å². The zero-order valence-electron chi connectivity index (χ0n) is 11.2. The molecule has 5 heteroatoms. The highest BCUT2D eigenvalue weighted by atomic mass is 19.1. The number of anilines is 1. The molecule has 0 aliphatic heterocycles. The van der Waals surface area contributed by atoms with Crippen LogP contribution in [0.4, 0.5) is 14.5 Å². The van der Waals surface area contributed by atoms with Gasteiger partial charge in [-0.2, -0.15) is 0 Å². The molecule has 0 bridgehead atoms. The van der Waals surface area contributed by atoms with E-state index in [9.17, 15) is 8.78 Å². The molecule has 0 amide bonds. The molecule has 0 saturated heterocycles. The van der Waals surface area contributed by atoms with Crippen LogP contribution >= 0.6 is 0 Å². The molecule has 3 nitrogen and oxygen atoms in total. The van der Waals surface area contributed by atoms with Crippen molar-refractivity contribution >= 4 is 5.69 Å². The van der Waals surface area contributed by atoms with Crippen molar-refractivity contribution < 1.29 is 18.3 Å². The molecular formula is C15H15F2NO2. The molecule has 0 aliphatic rings. The van der Waals surface area contributed by atoms with Gasteiger partial charge in [0.2, 0.25) is 0 Å². The van der Waals surface area contributed by atoms with Crippen molar-refractivity contribution in [3.63, 3.8) is 0 Å². The Morgan fingerprint density at radius 1 is 0.900 bits per heavy atom. The van der Waals surface area contributed by atoms with Gasteiger partial charge in [-0.25, -0.2) is 8.78 Å². The standard InChI is InChI=1S/C15H15F2NO2/c1-19-14-6-3-10(7-13(14)17)9-18-11-4-5-12(16)15(8-11)20-2/h3-8,18H,9H2,1-2H3. The monoisotopic (exact) mass is 279 g/mol. The minimum absolute atomic E-state index is 0.163. The first-order valence-corrected chi connectivity index (χ1v) is 6.04. The fourth-order valence-electron chi connectivity index (χ4n) is 1.79. The fourth-order valence-corrected chi connectivity index (χ4v) is 1.79. The Kier molecular flexibility index (Phi) is 4.40. The summed E-state index contributed by atoms with van der Waals surface area (Å²) in [5, 5.41) is 3.07. The average molecular weight is 279 g/mol. The van der Waals surface area contributed by atoms with E-state index in [4.69, 9.17) is 9.47 Å². The van der Waals surface area contributed by atoms with Crippen molar-refractivity contribution in [3.8, 4) is 11.5 Å². The van der Waals surface area contributed by atoms with Crippen LogP contribution in [0.1, 0.15) is 5.56 Å². The van der Waals surface area contributed by atoms with E-state index in [-0.39, 0.29) is 11.5 Å². The lowest BCUT2D eigenvalue weighted by Crippen LogP contribution is -2.01. The summed E-state index contributed by atoms with van der Waals surface area (Å²) in [6.07, 6.45) is 0. The molecule has 106 valence electrons. The number of halogens is 2. The predicted octanol–water partition coefficient (Wildman–Crippen LogP) is 3.59. The molecule has 0 fully saturated rings. The molecule has 2 rings (SSSR count). The normalized spacial score (nSPS) is 10.2. The van der Waals surface area contributed by atoms with E-state index in [2.05, 4.69) is 5.32 Å². The van der Waals surface area contributed by atoms with Crippen molar-refractivity contribution in [2.75, 3.05) is 19.5 Å². The molecule has 0 spiro atoms. The molecule has 0 saturated carbocycles. The first kappa shape index (κ1) is 14.1. The Morgan fingerprint density at radius 3 is 2.30 bits per heavy atom. The lowest BCUT2D eigenvalue weighted by Gasteiger charge is -2.10. The van der Waals surface area contributed by atoms with E-state index in [0.29, 0.717) is 12.2 Å². The molecule has 0 radical (unpaired) electrons. The minimum atomic E-state index is -0.423. The van der Waals surface area contributed by atoms with Crippen LogP contribution in [-0.2, 0) is 6.54 Å². The molecule has 0 atom stereocenters. The molecule has 0 heterocycles. The fraction of sp³-hybridized carbons (Fsp3) is 0.200. The van der Waals surface area contributed by atoms with Crippen LogP contribution in [0.2, 0.25) is 0 Å². The second-order valence-electron chi connectivity index (χ2n) is 4.17. The van der Waals surface area contributed by atoms with E-state index < -0.39 is 11.6 Å². The third-order valence-electron chi connectivity index (χ3n) is 2.86. The van der Waals surface area contributed by atoms with E-state index in [1.165, 1.54) is 26.4 Å². The topological polar surface area (TPSA) is 30.5 Å². The van der Waals surface area contributed by atoms with Crippen LogP contribution < -0.4 is 14.8 Å². The maximum Gasteiger partial charge on any atom is 0.165 e. The van der Waals surface area contributed by atoms with Crippen LogP contribution in [0.15, 0.2) is 36.4 Å². The number of nitrogens with one attached hydrogen (secondary N) is 1. The highest BCUT2D eigenvalue weighted by Crippen LogP contribution is 2.23. The Balaban J connectivity index is 2.07. The zero-order chi connectivity index (χ0) is 14.5. The van der Waals surface area contributed by atoms with Gasteiger partial charge < -0.3 is 14.8 Å². The van der Waals surface area contributed by atoms with Crippen molar-refractivity contribution in [1.82, 2.24) is 0 Å². The van der Waals surface area contributed by atoms with Gasteiger partial charge in [-0.05, 0) is 29.8 Å². The average Bonchev–Trinajstić information content (AvgIpc) is 2.46. The zero-order valence-corrected chi connectivity index (χ0v) is 11.2. The van der Waals surface area contributed by atoms with Gasteiger partial charge >= 0.3 is 0 Å². The van der Waals surface area contributed by atoms with Crippen molar-refractivity contribution in [3.05, 3.63) is 53.6 Å². The number of hydrogen-bond donors (Lipinski definition) is 1. The third kappa shape index (κ3) is 3.17. The summed E-state index contributed by atoms with van der Waals surface area (Å²) in [4.78, 5) is 0. The van der Waals surface area contributed by atoms with Crippen molar-refractivity contribution in [2.45, 2.75) is 6.54 Å². The summed E-state index contributed by atoms with van der Waals surface area (Å²) in [5.74, 6) is -0.467. The predicted molar refractivity (Wildman–Crippen MR) is 73.2 cm³/mol. The van der Waals surface area contributed by atoms with Crippen LogP contribution in [-0.4, -0.2) is 14.2 Å². The van der Waals surface area contributed by atoms with Gasteiger partial charge in [-0.1, -0.05) is 6.07 Å². The van der Waals surface area contributed by atoms with Gasteiger partial charge in [0.1, 0.15) is 0 Å². The Morgan fingerprint density at radius 2 is 1.65 bits per heavy atom. The first-order valence-electron chi connectivity index (χ1n) is 6.04. The smallest absolute Gasteiger partial charge is 0.165 e. The highest BCUT2D eigenvalue weighted by molar-refractivity contribution is 5.49. The second kappa shape index (κ2) is 6.23. The van der Waals surface area contributed by atoms with E-state index in [0.717, 1.165) is 5.56 Å². The van der Waals surface area contributed by atoms with E-state index in [1.54, 1.807) is 24.3 Å². The first-order chi connectivity index (χ1) is 9.63. The summed E-state index contributed by atoms with van der Waals surface area (Å²) in [7, 11) is 2.82. The van der Waals surface area contributed by atoms with Crippen LogP contribution in [0, 0.1) is 11.6 Å². The third-order valence-corrected chi connectivity index (χ3v) is 2.86. The second-order valence-corrected chi connectivity index (χ2v) is 4.17. The highest BCUT2D eigenvalue weighted by Gasteiger charge is 2.05. The van der Waals surface area contributed by atoms with Crippen molar-refractivity contribution in [2.24, 2.45) is 0 Å². The lowest BCUT2D eigenvalue weighted by molar-refractivity contribution is 0.386. The molecule has 20 heavy (non-hydrogen) atoms. The van der Waals surface area contributed by atoms with Crippen molar-refractivity contribution in [1.29, 1.82) is 0 Å². The number of hydrogen-bond acceptors (Lipinski definition) is 3. The quantitative estimate of drug-likeness (QED) is 0.907. The summed E-state index contributed by atoms with van der Waals surface area (Å²) >= 11 is 0. The Bertz CT molecular complexity index is 602.